The molecule has 1 heterocycles. The fraction of sp³-hybridized carbons (Fsp3) is 0.778. The summed E-state index contributed by atoms with van der Waals surface area (Å²) in [6, 6.07) is 0.285. The number of hydrogen-bond acceptors (Lipinski definition) is 3. The number of hydrogen-bond donors (Lipinski definition) is 2. The van der Waals surface area contributed by atoms with Crippen LogP contribution in [0.15, 0.2) is 0 Å². The van der Waals surface area contributed by atoms with E-state index >= 15 is 0 Å². The topological polar surface area (TPSA) is 67.6 Å². The molecule has 0 radical (unpaired) electrons. The number of ether oxygens (including phenoxy) is 1. The van der Waals surface area contributed by atoms with Gasteiger partial charge in [0, 0.05) is 19.1 Å². The van der Waals surface area contributed by atoms with Gasteiger partial charge < -0.3 is 20.7 Å². The molecule has 0 aromatic rings. The van der Waals surface area contributed by atoms with Crippen LogP contribution in [-0.4, -0.2) is 41.8 Å². The molecule has 6 heteroatoms. The van der Waals surface area contributed by atoms with Gasteiger partial charge in [0.05, 0.1) is 6.61 Å². The van der Waals surface area contributed by atoms with Gasteiger partial charge in [0.25, 0.3) is 0 Å². The van der Waals surface area contributed by atoms with E-state index in [1.807, 2.05) is 0 Å². The Morgan fingerprint density at radius 2 is 2.20 bits per heavy atom. The number of piperidine rings is 1. The van der Waals surface area contributed by atoms with Crippen molar-refractivity contribution in [2.45, 2.75) is 25.8 Å². The number of nitrogens with two attached hydrogens (primary N) is 1. The molecule has 86 valence electrons. The molecule has 0 aromatic carbocycles. The normalized spacial score (nSPS) is 17.3. The Kier molecular flexibility index (Phi) is 4.61. The summed E-state index contributed by atoms with van der Waals surface area (Å²) in [5.41, 5.74) is 5.38. The van der Waals surface area contributed by atoms with Crippen molar-refractivity contribution in [3.8, 4) is 0 Å². The van der Waals surface area contributed by atoms with Crippen LogP contribution in [0, 0.1) is 0 Å². The predicted octanol–water partition coefficient (Wildman–Crippen LogP) is 0.440. The molecule has 0 aliphatic carbocycles. The molecule has 0 unspecified atom stereocenters. The molecule has 0 atom stereocenters. The molecule has 3 N–H and O–H groups in total. The summed E-state index contributed by atoms with van der Waals surface area (Å²) in [7, 11) is 0. The van der Waals surface area contributed by atoms with Gasteiger partial charge >= 0.3 is 6.09 Å². The minimum absolute atomic E-state index is 0.230. The lowest BCUT2D eigenvalue weighted by Gasteiger charge is -2.31. The van der Waals surface area contributed by atoms with Crippen molar-refractivity contribution in [1.29, 1.82) is 0 Å². The van der Waals surface area contributed by atoms with E-state index in [1.165, 1.54) is 0 Å². The van der Waals surface area contributed by atoms with E-state index in [4.69, 9.17) is 22.7 Å². The number of amides is 1. The van der Waals surface area contributed by atoms with E-state index in [9.17, 15) is 4.79 Å². The van der Waals surface area contributed by atoms with Crippen LogP contribution < -0.4 is 11.1 Å². The number of carbonyl (C=O) groups is 1. The molecular formula is C9H17N3O2S. The molecule has 1 fully saturated rings. The van der Waals surface area contributed by atoms with Gasteiger partial charge in [0.1, 0.15) is 0 Å². The second kappa shape index (κ2) is 5.75. The summed E-state index contributed by atoms with van der Waals surface area (Å²) in [6.07, 6.45) is 1.48. The maximum atomic E-state index is 11.4. The van der Waals surface area contributed by atoms with Crippen molar-refractivity contribution in [1.82, 2.24) is 10.2 Å². The van der Waals surface area contributed by atoms with Gasteiger partial charge in [-0.1, -0.05) is 0 Å². The van der Waals surface area contributed by atoms with Crippen LogP contribution in [-0.2, 0) is 4.74 Å². The van der Waals surface area contributed by atoms with E-state index in [2.05, 4.69) is 5.32 Å². The Bertz CT molecular complexity index is 240. The van der Waals surface area contributed by atoms with Crippen molar-refractivity contribution in [2.24, 2.45) is 5.73 Å². The van der Waals surface area contributed by atoms with Crippen LogP contribution in [0.5, 0.6) is 0 Å². The number of nitrogens with zero attached hydrogens (tertiary/aromatic N) is 1. The van der Waals surface area contributed by atoms with Gasteiger partial charge in [0.2, 0.25) is 0 Å². The number of likely N-dealkylation sites (tertiary alicyclic amines) is 1. The molecule has 1 aliphatic heterocycles. The Labute approximate surface area is 94.9 Å². The number of carbonyl (C=O) groups excluding carboxylic acids is 1. The van der Waals surface area contributed by atoms with Crippen LogP contribution >= 0.6 is 12.2 Å². The average Bonchev–Trinajstić information content (AvgIpc) is 2.18. The predicted molar refractivity (Wildman–Crippen MR) is 61.5 cm³/mol. The highest BCUT2D eigenvalue weighted by atomic mass is 32.1. The molecule has 0 saturated carbocycles. The van der Waals surface area contributed by atoms with Crippen molar-refractivity contribution in [2.75, 3.05) is 19.7 Å². The molecule has 5 nitrogen and oxygen atoms in total. The zero-order chi connectivity index (χ0) is 11.3. The first kappa shape index (κ1) is 12.0. The minimum Gasteiger partial charge on any atom is -0.450 e. The van der Waals surface area contributed by atoms with Crippen LogP contribution in [0.2, 0.25) is 0 Å². The lowest BCUT2D eigenvalue weighted by molar-refractivity contribution is 0.0964. The monoisotopic (exact) mass is 231 g/mol. The third-order valence-corrected chi connectivity index (χ3v) is 2.49. The second-order valence-corrected chi connectivity index (χ2v) is 3.91. The van der Waals surface area contributed by atoms with E-state index in [1.54, 1.807) is 11.8 Å². The van der Waals surface area contributed by atoms with Gasteiger partial charge in [-0.2, -0.15) is 0 Å². The molecule has 0 aromatic heterocycles. The van der Waals surface area contributed by atoms with Crippen LogP contribution in [0.4, 0.5) is 4.79 Å². The van der Waals surface area contributed by atoms with Crippen molar-refractivity contribution < 1.29 is 9.53 Å². The summed E-state index contributed by atoms with van der Waals surface area (Å²) in [4.78, 5) is 13.1. The Morgan fingerprint density at radius 3 is 2.67 bits per heavy atom. The quantitative estimate of drug-likeness (QED) is 0.675. The first-order valence-corrected chi connectivity index (χ1v) is 5.52. The van der Waals surface area contributed by atoms with Gasteiger partial charge in [-0.3, -0.25) is 0 Å². The van der Waals surface area contributed by atoms with E-state index in [0.29, 0.717) is 24.8 Å². The summed E-state index contributed by atoms with van der Waals surface area (Å²) in [5.74, 6) is 0. The summed E-state index contributed by atoms with van der Waals surface area (Å²) in [5, 5.41) is 3.33. The van der Waals surface area contributed by atoms with Crippen molar-refractivity contribution in [3.63, 3.8) is 0 Å². The summed E-state index contributed by atoms with van der Waals surface area (Å²) >= 11 is 4.76. The third kappa shape index (κ3) is 3.91. The van der Waals surface area contributed by atoms with E-state index in [0.717, 1.165) is 12.8 Å². The lowest BCUT2D eigenvalue weighted by atomic mass is 10.1. The van der Waals surface area contributed by atoms with Crippen LogP contribution in [0.3, 0.4) is 0 Å². The molecule has 1 aliphatic rings. The first-order chi connectivity index (χ1) is 7.13. The van der Waals surface area contributed by atoms with Gasteiger partial charge in [-0.25, -0.2) is 4.79 Å². The zero-order valence-corrected chi connectivity index (χ0v) is 9.68. The molecule has 1 saturated heterocycles. The fourth-order valence-electron chi connectivity index (χ4n) is 1.62. The second-order valence-electron chi connectivity index (χ2n) is 3.47. The molecule has 1 rings (SSSR count). The molecule has 15 heavy (non-hydrogen) atoms. The maximum Gasteiger partial charge on any atom is 0.409 e. The SMILES string of the molecule is CCOC(=O)N1CCC(NC(N)=S)CC1. The highest BCUT2D eigenvalue weighted by Crippen LogP contribution is 2.11. The Hall–Kier alpha value is -1.04. The third-order valence-electron chi connectivity index (χ3n) is 2.37. The number of nitrogens with one attached hydrogen (secondary N) is 1. The van der Waals surface area contributed by atoms with Gasteiger partial charge in [-0.15, -0.1) is 0 Å². The number of thiocarbonyl (C=S) groups is 1. The Balaban J connectivity index is 2.29. The lowest BCUT2D eigenvalue weighted by Crippen LogP contribution is -2.47. The van der Waals surface area contributed by atoms with E-state index < -0.39 is 0 Å². The van der Waals surface area contributed by atoms with Crippen LogP contribution in [0.25, 0.3) is 0 Å². The molecule has 0 bridgehead atoms. The maximum absolute atomic E-state index is 11.4. The number of rotatable bonds is 2. The zero-order valence-electron chi connectivity index (χ0n) is 8.86. The molecule has 1 amide bonds. The van der Waals surface area contributed by atoms with Crippen molar-refractivity contribution >= 4 is 23.4 Å². The van der Waals surface area contributed by atoms with E-state index in [-0.39, 0.29) is 12.1 Å². The summed E-state index contributed by atoms with van der Waals surface area (Å²) < 4.78 is 4.91. The largest absolute Gasteiger partial charge is 0.450 e. The smallest absolute Gasteiger partial charge is 0.409 e. The molecule has 0 spiro atoms. The Morgan fingerprint density at radius 1 is 1.60 bits per heavy atom. The minimum atomic E-state index is -0.230. The van der Waals surface area contributed by atoms with Gasteiger partial charge in [0.15, 0.2) is 5.11 Å². The molecular weight excluding hydrogens is 214 g/mol. The highest BCUT2D eigenvalue weighted by molar-refractivity contribution is 7.80. The highest BCUT2D eigenvalue weighted by Gasteiger charge is 2.23. The standard InChI is InChI=1S/C9H17N3O2S/c1-2-14-9(13)12-5-3-7(4-6-12)11-8(10)15/h7H,2-6H2,1H3,(H3,10,11,15). The van der Waals surface area contributed by atoms with Gasteiger partial charge in [-0.05, 0) is 32.0 Å². The first-order valence-electron chi connectivity index (χ1n) is 5.11. The van der Waals surface area contributed by atoms with Crippen molar-refractivity contribution in [3.05, 3.63) is 0 Å². The van der Waals surface area contributed by atoms with Crippen LogP contribution in [0.1, 0.15) is 19.8 Å². The fourth-order valence-corrected chi connectivity index (χ4v) is 1.79. The summed E-state index contributed by atoms with van der Waals surface area (Å²) in [6.45, 7) is 3.61. The average molecular weight is 231 g/mol.